The van der Waals surface area contributed by atoms with Crippen LogP contribution in [0.25, 0.3) is 0 Å². The molecule has 25 heavy (non-hydrogen) atoms. The minimum atomic E-state index is 0.870. The predicted molar refractivity (Wildman–Crippen MR) is 116 cm³/mol. The van der Waals surface area contributed by atoms with Gasteiger partial charge in [0.05, 0.1) is 0 Å². The van der Waals surface area contributed by atoms with Gasteiger partial charge >= 0.3 is 0 Å². The second-order valence-corrected chi connectivity index (χ2v) is 7.85. The van der Waals surface area contributed by atoms with Crippen molar-refractivity contribution in [3.8, 4) is 0 Å². The fourth-order valence-corrected chi connectivity index (χ4v) is 3.45. The molecule has 0 heterocycles. The summed E-state index contributed by atoms with van der Waals surface area (Å²) in [5.41, 5.74) is 5.51. The van der Waals surface area contributed by atoms with Gasteiger partial charge < -0.3 is 5.73 Å². The summed E-state index contributed by atoms with van der Waals surface area (Å²) in [6, 6.07) is 0. The minimum absolute atomic E-state index is 0.870. The van der Waals surface area contributed by atoms with Crippen molar-refractivity contribution in [2.45, 2.75) is 135 Å². The number of nitrogens with two attached hydrogens (primary N) is 1. The number of hydrogen-bond donors (Lipinski definition) is 1. The maximum atomic E-state index is 5.51. The van der Waals surface area contributed by atoms with Gasteiger partial charge in [0.1, 0.15) is 0 Å². The molecule has 0 radical (unpaired) electrons. The Kier molecular flexibility index (Phi) is 23.4. The molecule has 0 aliphatic carbocycles. The number of rotatable bonds is 21. The van der Waals surface area contributed by atoms with E-state index in [1.54, 1.807) is 0 Å². The third-order valence-electron chi connectivity index (χ3n) is 5.22. The van der Waals surface area contributed by atoms with Crippen LogP contribution in [-0.2, 0) is 0 Å². The van der Waals surface area contributed by atoms with Gasteiger partial charge in [-0.1, -0.05) is 115 Å². The van der Waals surface area contributed by atoms with Gasteiger partial charge in [-0.05, 0) is 38.6 Å². The first-order valence-electron chi connectivity index (χ1n) is 11.8. The fourth-order valence-electron chi connectivity index (χ4n) is 3.45. The van der Waals surface area contributed by atoms with Crippen molar-refractivity contribution in [2.24, 2.45) is 5.73 Å². The molecule has 0 saturated heterocycles. The molecule has 0 aromatic carbocycles. The molecule has 0 aromatic rings. The Balaban J connectivity index is 3.03. The molecule has 0 aromatic heterocycles. The molecule has 0 saturated carbocycles. The van der Waals surface area contributed by atoms with Crippen molar-refractivity contribution in [3.05, 3.63) is 12.2 Å². The zero-order valence-corrected chi connectivity index (χ0v) is 17.6. The summed E-state index contributed by atoms with van der Waals surface area (Å²) in [4.78, 5) is 0. The average molecular weight is 352 g/mol. The molecule has 1 nitrogen and oxygen atoms in total. The van der Waals surface area contributed by atoms with E-state index in [-0.39, 0.29) is 0 Å². The number of unbranched alkanes of at least 4 members (excludes halogenated alkanes) is 18. The largest absolute Gasteiger partial charge is 0.330 e. The lowest BCUT2D eigenvalue weighted by atomic mass is 10.0. The van der Waals surface area contributed by atoms with E-state index >= 15 is 0 Å². The lowest BCUT2D eigenvalue weighted by Crippen LogP contribution is -1.97. The van der Waals surface area contributed by atoms with Gasteiger partial charge in [0.25, 0.3) is 0 Å². The maximum absolute atomic E-state index is 5.51. The van der Waals surface area contributed by atoms with Gasteiger partial charge in [-0.2, -0.15) is 0 Å². The lowest BCUT2D eigenvalue weighted by Gasteiger charge is -2.02. The van der Waals surface area contributed by atoms with Gasteiger partial charge in [0.15, 0.2) is 0 Å². The van der Waals surface area contributed by atoms with Crippen LogP contribution in [0.5, 0.6) is 0 Å². The Morgan fingerprint density at radius 3 is 1.12 bits per heavy atom. The van der Waals surface area contributed by atoms with Crippen LogP contribution in [0.2, 0.25) is 0 Å². The second-order valence-electron chi connectivity index (χ2n) is 7.85. The number of hydrogen-bond acceptors (Lipinski definition) is 1. The van der Waals surface area contributed by atoms with Gasteiger partial charge in [-0.15, -0.1) is 0 Å². The smallest absolute Gasteiger partial charge is 0.00773 e. The summed E-state index contributed by atoms with van der Waals surface area (Å²) < 4.78 is 0. The number of allylic oxidation sites excluding steroid dienone is 2. The first-order valence-corrected chi connectivity index (χ1v) is 11.8. The normalized spacial score (nSPS) is 11.6. The first-order chi connectivity index (χ1) is 12.4. The minimum Gasteiger partial charge on any atom is -0.330 e. The average Bonchev–Trinajstić information content (AvgIpc) is 2.63. The summed E-state index contributed by atoms with van der Waals surface area (Å²) in [7, 11) is 0. The molecule has 0 rings (SSSR count). The molecule has 2 N–H and O–H groups in total. The third-order valence-corrected chi connectivity index (χ3v) is 5.22. The van der Waals surface area contributed by atoms with E-state index in [9.17, 15) is 0 Å². The first kappa shape index (κ1) is 24.7. The topological polar surface area (TPSA) is 26.0 Å². The van der Waals surface area contributed by atoms with Gasteiger partial charge in [-0.3, -0.25) is 0 Å². The SMILES string of the molecule is CCCCCCCC/C=C/CCCCCCCCCCCCCCN. The summed E-state index contributed by atoms with van der Waals surface area (Å²) in [5, 5.41) is 0. The zero-order valence-electron chi connectivity index (χ0n) is 17.6. The van der Waals surface area contributed by atoms with Crippen LogP contribution in [0.4, 0.5) is 0 Å². The van der Waals surface area contributed by atoms with E-state index in [2.05, 4.69) is 19.1 Å². The molecule has 0 fully saturated rings. The molecule has 0 unspecified atom stereocenters. The summed E-state index contributed by atoms with van der Waals surface area (Å²) >= 11 is 0. The molecular weight excluding hydrogens is 302 g/mol. The second kappa shape index (κ2) is 23.7. The standard InChI is InChI=1S/C24H49N/c1-2-3-4-5-6-7-8-9-10-11-12-13-14-15-16-17-18-19-20-21-22-23-24-25/h9-10H,2-8,11-25H2,1H3/b10-9+. The molecular formula is C24H49N. The van der Waals surface area contributed by atoms with Crippen LogP contribution in [0.3, 0.4) is 0 Å². The Labute approximate surface area is 160 Å². The predicted octanol–water partition coefficient (Wildman–Crippen LogP) is 8.32. The molecule has 0 amide bonds. The van der Waals surface area contributed by atoms with Crippen molar-refractivity contribution in [2.75, 3.05) is 6.54 Å². The summed E-state index contributed by atoms with van der Waals surface area (Å²) in [6.07, 6.45) is 32.8. The maximum Gasteiger partial charge on any atom is -0.00773 e. The Hall–Kier alpha value is -0.300. The molecule has 0 spiro atoms. The van der Waals surface area contributed by atoms with Crippen LogP contribution >= 0.6 is 0 Å². The monoisotopic (exact) mass is 351 g/mol. The van der Waals surface area contributed by atoms with Gasteiger partial charge in [0, 0.05) is 0 Å². The highest BCUT2D eigenvalue weighted by atomic mass is 14.5. The third kappa shape index (κ3) is 23.7. The molecule has 0 aliphatic rings. The van der Waals surface area contributed by atoms with Crippen molar-refractivity contribution in [1.29, 1.82) is 0 Å². The van der Waals surface area contributed by atoms with Gasteiger partial charge in [-0.25, -0.2) is 0 Å². The zero-order chi connectivity index (χ0) is 18.3. The quantitative estimate of drug-likeness (QED) is 0.163. The molecule has 0 atom stereocenters. The Bertz CT molecular complexity index is 246. The fraction of sp³-hybridized carbons (Fsp3) is 0.917. The molecule has 1 heteroatoms. The molecule has 0 bridgehead atoms. The van der Waals surface area contributed by atoms with Gasteiger partial charge in [0.2, 0.25) is 0 Å². The van der Waals surface area contributed by atoms with Crippen LogP contribution in [0.1, 0.15) is 135 Å². The van der Waals surface area contributed by atoms with E-state index in [0.29, 0.717) is 0 Å². The van der Waals surface area contributed by atoms with E-state index in [4.69, 9.17) is 5.73 Å². The highest BCUT2D eigenvalue weighted by Gasteiger charge is 1.93. The Morgan fingerprint density at radius 2 is 0.760 bits per heavy atom. The van der Waals surface area contributed by atoms with Crippen molar-refractivity contribution < 1.29 is 0 Å². The van der Waals surface area contributed by atoms with E-state index in [1.165, 1.54) is 128 Å². The van der Waals surface area contributed by atoms with Crippen LogP contribution < -0.4 is 5.73 Å². The van der Waals surface area contributed by atoms with Crippen LogP contribution in [0.15, 0.2) is 12.2 Å². The highest BCUT2D eigenvalue weighted by molar-refractivity contribution is 4.81. The summed E-state index contributed by atoms with van der Waals surface area (Å²) in [5.74, 6) is 0. The molecule has 150 valence electrons. The van der Waals surface area contributed by atoms with Crippen molar-refractivity contribution in [1.82, 2.24) is 0 Å². The van der Waals surface area contributed by atoms with E-state index in [1.807, 2.05) is 0 Å². The van der Waals surface area contributed by atoms with E-state index < -0.39 is 0 Å². The van der Waals surface area contributed by atoms with Crippen LogP contribution in [0, 0.1) is 0 Å². The van der Waals surface area contributed by atoms with Crippen molar-refractivity contribution in [3.63, 3.8) is 0 Å². The molecule has 0 aliphatic heterocycles. The van der Waals surface area contributed by atoms with Crippen LogP contribution in [-0.4, -0.2) is 6.54 Å². The lowest BCUT2D eigenvalue weighted by molar-refractivity contribution is 0.542. The van der Waals surface area contributed by atoms with Crippen molar-refractivity contribution >= 4 is 0 Å². The van der Waals surface area contributed by atoms with E-state index in [0.717, 1.165) is 6.54 Å². The summed E-state index contributed by atoms with van der Waals surface area (Å²) in [6.45, 7) is 3.16. The highest BCUT2D eigenvalue weighted by Crippen LogP contribution is 2.13. The Morgan fingerprint density at radius 1 is 0.440 bits per heavy atom.